The molecule has 0 aliphatic carbocycles. The lowest BCUT2D eigenvalue weighted by Crippen LogP contribution is -2.41. The molecule has 0 fully saturated rings. The number of carboxylic acid groups (broad SMARTS) is 1. The molecule has 6 nitrogen and oxygen atoms in total. The second-order valence-corrected chi connectivity index (χ2v) is 4.79. The van der Waals surface area contributed by atoms with Crippen LogP contribution < -0.4 is 5.32 Å². The predicted molar refractivity (Wildman–Crippen MR) is 75.9 cm³/mol. The molecule has 0 saturated carbocycles. The molecule has 0 unspecified atom stereocenters. The van der Waals surface area contributed by atoms with Gasteiger partial charge in [-0.25, -0.2) is 0 Å². The van der Waals surface area contributed by atoms with Gasteiger partial charge in [-0.2, -0.15) is 5.10 Å². The van der Waals surface area contributed by atoms with Crippen molar-refractivity contribution in [3.63, 3.8) is 0 Å². The van der Waals surface area contributed by atoms with Gasteiger partial charge >= 0.3 is 5.97 Å². The number of amides is 1. The zero-order valence-corrected chi connectivity index (χ0v) is 12.1. The van der Waals surface area contributed by atoms with E-state index in [4.69, 9.17) is 0 Å². The molecule has 0 saturated heterocycles. The van der Waals surface area contributed by atoms with Crippen LogP contribution in [0.1, 0.15) is 32.3 Å². The quantitative estimate of drug-likeness (QED) is 0.740. The summed E-state index contributed by atoms with van der Waals surface area (Å²) in [5, 5.41) is 15.9. The van der Waals surface area contributed by atoms with Crippen molar-refractivity contribution < 1.29 is 14.7 Å². The van der Waals surface area contributed by atoms with Gasteiger partial charge in [0, 0.05) is 31.4 Å². The van der Waals surface area contributed by atoms with E-state index >= 15 is 0 Å². The zero-order valence-electron chi connectivity index (χ0n) is 12.1. The number of aryl methyl sites for hydroxylation is 1. The average Bonchev–Trinajstić information content (AvgIpc) is 2.83. The van der Waals surface area contributed by atoms with Crippen LogP contribution in [0.2, 0.25) is 0 Å². The summed E-state index contributed by atoms with van der Waals surface area (Å²) >= 11 is 0. The Labute approximate surface area is 118 Å². The Bertz CT molecular complexity index is 502. The third-order valence-corrected chi connectivity index (χ3v) is 3.56. The molecule has 1 heterocycles. The Kier molecular flexibility index (Phi) is 5.49. The summed E-state index contributed by atoms with van der Waals surface area (Å²) in [4.78, 5) is 23.0. The first-order valence-electron chi connectivity index (χ1n) is 6.61. The minimum Gasteiger partial charge on any atom is -0.481 e. The van der Waals surface area contributed by atoms with Gasteiger partial charge in [-0.05, 0) is 18.9 Å². The average molecular weight is 279 g/mol. The highest BCUT2D eigenvalue weighted by Crippen LogP contribution is 2.25. The first-order valence-corrected chi connectivity index (χ1v) is 6.61. The first kappa shape index (κ1) is 15.9. The first-order chi connectivity index (χ1) is 9.43. The molecule has 1 amide bonds. The van der Waals surface area contributed by atoms with Crippen molar-refractivity contribution in [2.24, 2.45) is 12.5 Å². The summed E-state index contributed by atoms with van der Waals surface area (Å²) in [6, 6.07) is 0. The van der Waals surface area contributed by atoms with Crippen molar-refractivity contribution in [3.05, 3.63) is 24.0 Å². The van der Waals surface area contributed by atoms with Crippen molar-refractivity contribution >= 4 is 18.0 Å². The Morgan fingerprint density at radius 1 is 1.45 bits per heavy atom. The Hall–Kier alpha value is -2.11. The molecule has 0 aliphatic rings. The van der Waals surface area contributed by atoms with Gasteiger partial charge in [-0.15, -0.1) is 0 Å². The van der Waals surface area contributed by atoms with Crippen LogP contribution in [0.5, 0.6) is 0 Å². The third-order valence-electron chi connectivity index (χ3n) is 3.56. The van der Waals surface area contributed by atoms with E-state index < -0.39 is 11.4 Å². The molecule has 0 aromatic carbocycles. The Balaban J connectivity index is 2.58. The predicted octanol–water partition coefficient (Wildman–Crippen LogP) is 1.44. The van der Waals surface area contributed by atoms with Crippen molar-refractivity contribution in [3.8, 4) is 0 Å². The van der Waals surface area contributed by atoms with Crippen molar-refractivity contribution in [1.82, 2.24) is 15.1 Å². The standard InChI is InChI=1S/C14H21N3O3/c1-4-14(5-2,13(19)20)10-15-12(18)7-6-11-8-16-17(3)9-11/h6-9H,4-5,10H2,1-3H3,(H,15,18)(H,19,20)/b7-6+. The summed E-state index contributed by atoms with van der Waals surface area (Å²) in [7, 11) is 1.79. The van der Waals surface area contributed by atoms with Crippen LogP contribution in [0.15, 0.2) is 18.5 Å². The third kappa shape index (κ3) is 3.94. The molecule has 1 rings (SSSR count). The van der Waals surface area contributed by atoms with Gasteiger partial charge in [0.1, 0.15) is 0 Å². The van der Waals surface area contributed by atoms with Crippen LogP contribution in [0, 0.1) is 5.41 Å². The molecule has 1 aromatic heterocycles. The van der Waals surface area contributed by atoms with Gasteiger partial charge in [-0.3, -0.25) is 14.3 Å². The topological polar surface area (TPSA) is 84.2 Å². The van der Waals surface area contributed by atoms with Gasteiger partial charge in [0.25, 0.3) is 0 Å². The lowest BCUT2D eigenvalue weighted by atomic mass is 9.82. The molecule has 2 N–H and O–H groups in total. The molecule has 0 aliphatic heterocycles. The molecule has 20 heavy (non-hydrogen) atoms. The van der Waals surface area contributed by atoms with Crippen LogP contribution in [0.25, 0.3) is 6.08 Å². The maximum atomic E-state index is 11.7. The van der Waals surface area contributed by atoms with E-state index in [0.717, 1.165) is 5.56 Å². The van der Waals surface area contributed by atoms with Gasteiger partial charge in [-0.1, -0.05) is 13.8 Å². The lowest BCUT2D eigenvalue weighted by Gasteiger charge is -2.26. The summed E-state index contributed by atoms with van der Waals surface area (Å²) < 4.78 is 1.64. The van der Waals surface area contributed by atoms with Crippen LogP contribution in [-0.2, 0) is 16.6 Å². The normalized spacial score (nSPS) is 11.8. The number of aliphatic carboxylic acids is 1. The fourth-order valence-corrected chi connectivity index (χ4v) is 1.89. The maximum Gasteiger partial charge on any atom is 0.311 e. The van der Waals surface area contributed by atoms with E-state index in [1.165, 1.54) is 6.08 Å². The molecule has 0 spiro atoms. The van der Waals surface area contributed by atoms with Crippen LogP contribution in [-0.4, -0.2) is 33.3 Å². The number of carboxylic acids is 1. The highest BCUT2D eigenvalue weighted by Gasteiger charge is 2.34. The fraction of sp³-hybridized carbons (Fsp3) is 0.500. The smallest absolute Gasteiger partial charge is 0.311 e. The number of nitrogens with zero attached hydrogens (tertiary/aromatic N) is 2. The fourth-order valence-electron chi connectivity index (χ4n) is 1.89. The van der Waals surface area contributed by atoms with Crippen LogP contribution in [0.3, 0.4) is 0 Å². The Morgan fingerprint density at radius 3 is 2.55 bits per heavy atom. The highest BCUT2D eigenvalue weighted by molar-refractivity contribution is 5.92. The minimum atomic E-state index is -0.891. The largest absolute Gasteiger partial charge is 0.481 e. The van der Waals surface area contributed by atoms with Crippen molar-refractivity contribution in [1.29, 1.82) is 0 Å². The molecular weight excluding hydrogens is 258 g/mol. The highest BCUT2D eigenvalue weighted by atomic mass is 16.4. The van der Waals surface area contributed by atoms with E-state index in [9.17, 15) is 14.7 Å². The number of hydrogen-bond donors (Lipinski definition) is 2. The van der Waals surface area contributed by atoms with Crippen LogP contribution >= 0.6 is 0 Å². The molecule has 6 heteroatoms. The molecular formula is C14H21N3O3. The number of rotatable bonds is 7. The molecule has 0 radical (unpaired) electrons. The monoisotopic (exact) mass is 279 g/mol. The summed E-state index contributed by atoms with van der Waals surface area (Å²) in [6.07, 6.45) is 7.40. The molecule has 0 bridgehead atoms. The molecule has 110 valence electrons. The van der Waals surface area contributed by atoms with Crippen molar-refractivity contribution in [2.75, 3.05) is 6.54 Å². The van der Waals surface area contributed by atoms with Crippen molar-refractivity contribution in [2.45, 2.75) is 26.7 Å². The zero-order chi connectivity index (χ0) is 15.2. The van der Waals surface area contributed by atoms with E-state index in [1.54, 1.807) is 30.2 Å². The maximum absolute atomic E-state index is 11.7. The van der Waals surface area contributed by atoms with E-state index in [2.05, 4.69) is 10.4 Å². The molecule has 0 atom stereocenters. The number of carbonyl (C=O) groups is 2. The number of carbonyl (C=O) groups excluding carboxylic acids is 1. The molecule has 1 aromatic rings. The van der Waals surface area contributed by atoms with E-state index in [1.807, 2.05) is 13.8 Å². The SMILES string of the molecule is CCC(CC)(CNC(=O)/C=C/c1cnn(C)c1)C(=O)O. The van der Waals surface area contributed by atoms with Gasteiger partial charge in [0.2, 0.25) is 5.91 Å². The van der Waals surface area contributed by atoms with Gasteiger partial charge < -0.3 is 10.4 Å². The van der Waals surface area contributed by atoms with Gasteiger partial charge in [0.15, 0.2) is 0 Å². The number of hydrogen-bond acceptors (Lipinski definition) is 3. The van der Waals surface area contributed by atoms with Crippen LogP contribution in [0.4, 0.5) is 0 Å². The second kappa shape index (κ2) is 6.88. The summed E-state index contributed by atoms with van der Waals surface area (Å²) in [5.74, 6) is -1.18. The van der Waals surface area contributed by atoms with E-state index in [0.29, 0.717) is 12.8 Å². The van der Waals surface area contributed by atoms with Gasteiger partial charge in [0.05, 0.1) is 11.6 Å². The summed E-state index contributed by atoms with van der Waals surface area (Å²) in [6.45, 7) is 3.76. The summed E-state index contributed by atoms with van der Waals surface area (Å²) in [5.41, 5.74) is -0.0734. The second-order valence-electron chi connectivity index (χ2n) is 4.79. The number of nitrogens with one attached hydrogen (secondary N) is 1. The number of aromatic nitrogens is 2. The van der Waals surface area contributed by atoms with E-state index in [-0.39, 0.29) is 12.5 Å². The lowest BCUT2D eigenvalue weighted by molar-refractivity contribution is -0.149. The minimum absolute atomic E-state index is 0.131. The Morgan fingerprint density at radius 2 is 2.10 bits per heavy atom.